The molecule has 0 radical (unpaired) electrons. The van der Waals surface area contributed by atoms with Crippen molar-refractivity contribution in [3.63, 3.8) is 0 Å². The molecule has 2 aliphatic rings. The van der Waals surface area contributed by atoms with Crippen molar-refractivity contribution in [2.24, 2.45) is 10.1 Å². The van der Waals surface area contributed by atoms with E-state index in [1.54, 1.807) is 6.08 Å². The first-order valence-electron chi connectivity index (χ1n) is 10.0. The van der Waals surface area contributed by atoms with E-state index in [0.29, 0.717) is 6.54 Å². The summed E-state index contributed by atoms with van der Waals surface area (Å²) in [5, 5.41) is 14.6. The number of hydrazone groups is 1. The van der Waals surface area contributed by atoms with Gasteiger partial charge in [0.15, 0.2) is 5.84 Å². The molecule has 0 bridgehead atoms. The van der Waals surface area contributed by atoms with E-state index in [0.717, 1.165) is 45.1 Å². The Hall–Kier alpha value is -3.50. The molecule has 0 spiro atoms. The maximum absolute atomic E-state index is 12.7. The molecule has 2 aliphatic heterocycles. The number of carbonyl (C=O) groups excluding carboxylic acids is 1. The summed E-state index contributed by atoms with van der Waals surface area (Å²) in [5.74, 6) is -0.800. The fraction of sp³-hybridized carbons (Fsp3) is 0.130. The molecule has 1 N–H and O–H groups in total. The summed E-state index contributed by atoms with van der Waals surface area (Å²) < 4.78 is 25.6. The van der Waals surface area contributed by atoms with Gasteiger partial charge in [-0.3, -0.25) is 10.2 Å². The van der Waals surface area contributed by atoms with Gasteiger partial charge in [-0.05, 0) is 36.4 Å². The summed E-state index contributed by atoms with van der Waals surface area (Å²) in [4.78, 5) is 16.7. The number of aromatic nitrogens is 1. The van der Waals surface area contributed by atoms with Gasteiger partial charge in [0, 0.05) is 35.5 Å². The number of para-hydroxylation sites is 1. The smallest absolute Gasteiger partial charge is 0.283 e. The van der Waals surface area contributed by atoms with Crippen molar-refractivity contribution in [2.75, 3.05) is 6.26 Å². The maximum Gasteiger partial charge on any atom is 0.283 e. The summed E-state index contributed by atoms with van der Waals surface area (Å²) in [7, 11) is -3.58. The third kappa shape index (κ3) is 3.91. The number of amides is 1. The summed E-state index contributed by atoms with van der Waals surface area (Å²) in [5.41, 5.74) is 4.16. The van der Waals surface area contributed by atoms with Crippen LogP contribution in [-0.4, -0.2) is 45.5 Å². The van der Waals surface area contributed by atoms with E-state index < -0.39 is 15.7 Å². The molecule has 1 aromatic heterocycles. The highest BCUT2D eigenvalue weighted by Crippen LogP contribution is 2.31. The quantitative estimate of drug-likeness (QED) is 0.580. The van der Waals surface area contributed by atoms with E-state index in [1.165, 1.54) is 5.56 Å². The van der Waals surface area contributed by atoms with E-state index in [1.807, 2.05) is 37.4 Å². The average Bonchev–Trinajstić information content (AvgIpc) is 3.35. The molecule has 2 aromatic carbocycles. The molecule has 0 fully saturated rings. The molecule has 0 aliphatic carbocycles. The van der Waals surface area contributed by atoms with Crippen molar-refractivity contribution in [1.82, 2.24) is 9.58 Å². The Morgan fingerprint density at radius 1 is 1.12 bits per heavy atom. The first kappa shape index (κ1) is 21.4. The third-order valence-electron chi connectivity index (χ3n) is 5.35. The van der Waals surface area contributed by atoms with Crippen molar-refractivity contribution in [3.05, 3.63) is 77.0 Å². The predicted octanol–water partition coefficient (Wildman–Crippen LogP) is 3.62. The van der Waals surface area contributed by atoms with Crippen LogP contribution >= 0.6 is 11.8 Å². The van der Waals surface area contributed by atoms with Crippen molar-refractivity contribution in [1.29, 1.82) is 5.41 Å². The van der Waals surface area contributed by atoms with Crippen LogP contribution in [0.15, 0.2) is 70.4 Å². The highest BCUT2D eigenvalue weighted by molar-refractivity contribution is 8.42. The molecule has 10 heteroatoms. The van der Waals surface area contributed by atoms with Crippen molar-refractivity contribution in [3.8, 4) is 0 Å². The van der Waals surface area contributed by atoms with Crippen LogP contribution in [0, 0.1) is 12.3 Å². The molecular formula is C23H19N5O3S2. The topological polar surface area (TPSA) is 108 Å². The number of nitrogens with one attached hydrogen (secondary N) is 1. The zero-order valence-electron chi connectivity index (χ0n) is 17.8. The number of rotatable bonds is 3. The van der Waals surface area contributed by atoms with Crippen LogP contribution in [0.5, 0.6) is 0 Å². The fourth-order valence-corrected chi connectivity index (χ4v) is 5.38. The SMILES string of the molecule is Cc1ccc(Cn2cc(/C=C3\C(=N)N4N=C(S(C)(=O)=O)SC4=NC3=O)c3ccccc32)cc1. The summed E-state index contributed by atoms with van der Waals surface area (Å²) >= 11 is 0.771. The number of hydrogen-bond acceptors (Lipinski definition) is 6. The summed E-state index contributed by atoms with van der Waals surface area (Å²) in [6.45, 7) is 2.70. The molecule has 0 saturated carbocycles. The molecule has 5 rings (SSSR count). The summed E-state index contributed by atoms with van der Waals surface area (Å²) in [6.07, 6.45) is 4.60. The van der Waals surface area contributed by atoms with Gasteiger partial charge in [-0.15, -0.1) is 5.10 Å². The number of hydrogen-bond donors (Lipinski definition) is 1. The Bertz CT molecular complexity index is 1530. The number of sulfone groups is 1. The first-order chi connectivity index (χ1) is 15.7. The number of nitrogens with zero attached hydrogens (tertiary/aromatic N) is 4. The molecule has 3 aromatic rings. The Morgan fingerprint density at radius 2 is 1.85 bits per heavy atom. The average molecular weight is 478 g/mol. The second kappa shape index (κ2) is 7.82. The maximum atomic E-state index is 12.7. The fourth-order valence-electron chi connectivity index (χ4n) is 3.69. The Balaban J connectivity index is 1.56. The molecule has 1 amide bonds. The van der Waals surface area contributed by atoms with Crippen LogP contribution in [-0.2, 0) is 21.2 Å². The predicted molar refractivity (Wildman–Crippen MR) is 132 cm³/mol. The van der Waals surface area contributed by atoms with Crippen LogP contribution < -0.4 is 0 Å². The normalized spacial score (nSPS) is 17.5. The number of carbonyl (C=O) groups is 1. The van der Waals surface area contributed by atoms with Gasteiger partial charge in [-0.25, -0.2) is 8.42 Å². The number of thioether (sulfide) groups is 1. The van der Waals surface area contributed by atoms with E-state index in [9.17, 15) is 13.2 Å². The lowest BCUT2D eigenvalue weighted by atomic mass is 10.1. The van der Waals surface area contributed by atoms with E-state index in [2.05, 4.69) is 38.9 Å². The molecule has 0 saturated heterocycles. The first-order valence-corrected chi connectivity index (χ1v) is 12.8. The van der Waals surface area contributed by atoms with Gasteiger partial charge in [0.1, 0.15) is 0 Å². The molecule has 8 nitrogen and oxygen atoms in total. The van der Waals surface area contributed by atoms with Gasteiger partial charge < -0.3 is 4.57 Å². The van der Waals surface area contributed by atoms with Gasteiger partial charge in [-0.1, -0.05) is 48.0 Å². The monoisotopic (exact) mass is 477 g/mol. The van der Waals surface area contributed by atoms with Crippen LogP contribution in [0.1, 0.15) is 16.7 Å². The van der Waals surface area contributed by atoms with Gasteiger partial charge in [0.05, 0.1) is 5.57 Å². The van der Waals surface area contributed by atoms with Gasteiger partial charge in [0.25, 0.3) is 5.91 Å². The second-order valence-corrected chi connectivity index (χ2v) is 11.0. The van der Waals surface area contributed by atoms with Gasteiger partial charge >= 0.3 is 0 Å². The lowest BCUT2D eigenvalue weighted by Gasteiger charge is -2.19. The number of amidine groups is 2. The van der Waals surface area contributed by atoms with E-state index in [-0.39, 0.29) is 21.0 Å². The van der Waals surface area contributed by atoms with Crippen LogP contribution in [0.2, 0.25) is 0 Å². The number of fused-ring (bicyclic) bond motifs is 2. The van der Waals surface area contributed by atoms with Crippen molar-refractivity contribution >= 4 is 59.9 Å². The minimum absolute atomic E-state index is 0.0519. The number of aliphatic imine (C=N–C) groups is 1. The van der Waals surface area contributed by atoms with E-state index >= 15 is 0 Å². The standard InChI is InChI=1S/C23H19N5O3S2/c1-14-7-9-15(10-8-14)12-27-13-16(17-5-3-4-6-19(17)27)11-18-20(24)28-22(25-21(18)29)32-23(26-28)33(2,30)31/h3-11,13,24H,12H2,1-2H3/b18-11+,24-20?. The zero-order valence-corrected chi connectivity index (χ0v) is 19.4. The Labute approximate surface area is 194 Å². The minimum Gasteiger partial charge on any atom is -0.342 e. The number of benzene rings is 2. The van der Waals surface area contributed by atoms with Gasteiger partial charge in [-0.2, -0.15) is 10.0 Å². The summed E-state index contributed by atoms with van der Waals surface area (Å²) in [6, 6.07) is 16.2. The minimum atomic E-state index is -3.58. The lowest BCUT2D eigenvalue weighted by molar-refractivity contribution is -0.114. The number of aryl methyl sites for hydroxylation is 1. The molecule has 166 valence electrons. The second-order valence-electron chi connectivity index (χ2n) is 7.87. The molecule has 0 unspecified atom stereocenters. The van der Waals surface area contributed by atoms with Crippen molar-refractivity contribution in [2.45, 2.75) is 13.5 Å². The van der Waals surface area contributed by atoms with E-state index in [4.69, 9.17) is 5.41 Å². The molecule has 3 heterocycles. The zero-order chi connectivity index (χ0) is 23.3. The van der Waals surface area contributed by atoms with Crippen LogP contribution in [0.3, 0.4) is 0 Å². The van der Waals surface area contributed by atoms with Crippen LogP contribution in [0.25, 0.3) is 17.0 Å². The Kier molecular flexibility index (Phi) is 5.06. The molecular weight excluding hydrogens is 458 g/mol. The highest BCUT2D eigenvalue weighted by Gasteiger charge is 2.38. The Morgan fingerprint density at radius 3 is 2.58 bits per heavy atom. The lowest BCUT2D eigenvalue weighted by Crippen LogP contribution is -2.35. The van der Waals surface area contributed by atoms with Crippen molar-refractivity contribution < 1.29 is 13.2 Å². The third-order valence-corrected chi connectivity index (χ3v) is 7.92. The highest BCUT2D eigenvalue weighted by atomic mass is 32.3. The largest absolute Gasteiger partial charge is 0.342 e. The van der Waals surface area contributed by atoms with Gasteiger partial charge in [0.2, 0.25) is 19.4 Å². The molecule has 33 heavy (non-hydrogen) atoms. The van der Waals surface area contributed by atoms with Crippen LogP contribution in [0.4, 0.5) is 0 Å². The molecule has 0 atom stereocenters.